The second-order valence-corrected chi connectivity index (χ2v) is 2.52. The highest BCUT2D eigenvalue weighted by Gasteiger charge is 2.23. The Morgan fingerprint density at radius 2 is 2.20 bits per heavy atom. The van der Waals surface area contributed by atoms with Crippen LogP contribution in [0.15, 0.2) is 6.07 Å². The van der Waals surface area contributed by atoms with Crippen LogP contribution in [-0.2, 0) is 0 Å². The van der Waals surface area contributed by atoms with E-state index in [9.17, 15) is 18.0 Å². The molecule has 0 atom stereocenters. The molecule has 0 saturated heterocycles. The van der Waals surface area contributed by atoms with Crippen molar-refractivity contribution in [3.8, 4) is 5.88 Å². The molecule has 1 aromatic rings. The average molecular weight is 221 g/mol. The first-order valence-electron chi connectivity index (χ1n) is 3.73. The molecule has 4 nitrogen and oxygen atoms in total. The molecule has 82 valence electrons. The molecule has 0 aliphatic rings. The van der Waals surface area contributed by atoms with E-state index in [-0.39, 0.29) is 5.88 Å². The molecule has 0 amide bonds. The van der Waals surface area contributed by atoms with Crippen molar-refractivity contribution in [2.24, 2.45) is 0 Å². The number of methoxy groups -OCH3 is 1. The predicted octanol–water partition coefficient (Wildman–Crippen LogP) is 1.87. The smallest absolute Gasteiger partial charge is 0.338 e. The predicted molar refractivity (Wildman–Crippen MR) is 42.7 cm³/mol. The van der Waals surface area contributed by atoms with Gasteiger partial charge in [0.05, 0.1) is 7.11 Å². The summed E-state index contributed by atoms with van der Waals surface area (Å²) in [5.74, 6) is -3.57. The molecule has 0 aliphatic carbocycles. The highest BCUT2D eigenvalue weighted by atomic mass is 19.3. The normalized spacial score (nSPS) is 10.5. The molecule has 1 aromatic heterocycles. The standard InChI is InChI=1S/C8H6F3NO3/c1-15-4-2-3(8(13)14)5(9)6(12-4)7(10)11/h2,7H,1H3,(H,13,14). The van der Waals surface area contributed by atoms with Crippen molar-refractivity contribution in [1.29, 1.82) is 0 Å². The summed E-state index contributed by atoms with van der Waals surface area (Å²) >= 11 is 0. The topological polar surface area (TPSA) is 59.4 Å². The number of aromatic carboxylic acids is 1. The quantitative estimate of drug-likeness (QED) is 0.846. The van der Waals surface area contributed by atoms with Crippen LogP contribution in [0, 0.1) is 5.82 Å². The Labute approximate surface area is 82.3 Å². The van der Waals surface area contributed by atoms with Crippen molar-refractivity contribution in [1.82, 2.24) is 4.98 Å². The van der Waals surface area contributed by atoms with E-state index >= 15 is 0 Å². The van der Waals surface area contributed by atoms with E-state index in [0.717, 1.165) is 13.2 Å². The van der Waals surface area contributed by atoms with E-state index < -0.39 is 29.5 Å². The molecule has 0 bridgehead atoms. The van der Waals surface area contributed by atoms with Crippen molar-refractivity contribution in [2.75, 3.05) is 7.11 Å². The number of nitrogens with zero attached hydrogens (tertiary/aromatic N) is 1. The van der Waals surface area contributed by atoms with E-state index in [1.807, 2.05) is 0 Å². The lowest BCUT2D eigenvalue weighted by Gasteiger charge is -2.06. The lowest BCUT2D eigenvalue weighted by Crippen LogP contribution is -2.08. The molecule has 0 aliphatic heterocycles. The van der Waals surface area contributed by atoms with Crippen LogP contribution < -0.4 is 4.74 Å². The van der Waals surface area contributed by atoms with Gasteiger partial charge in [0.25, 0.3) is 6.43 Å². The second kappa shape index (κ2) is 4.16. The van der Waals surface area contributed by atoms with Gasteiger partial charge in [0.15, 0.2) is 5.82 Å². The van der Waals surface area contributed by atoms with Crippen molar-refractivity contribution >= 4 is 5.97 Å². The number of alkyl halides is 2. The first kappa shape index (κ1) is 11.3. The van der Waals surface area contributed by atoms with Crippen LogP contribution in [0.5, 0.6) is 5.88 Å². The molecular weight excluding hydrogens is 215 g/mol. The van der Waals surface area contributed by atoms with Crippen LogP contribution in [0.4, 0.5) is 13.2 Å². The van der Waals surface area contributed by atoms with Crippen LogP contribution in [0.25, 0.3) is 0 Å². The summed E-state index contributed by atoms with van der Waals surface area (Å²) in [5.41, 5.74) is -2.12. The van der Waals surface area contributed by atoms with E-state index in [2.05, 4.69) is 9.72 Å². The van der Waals surface area contributed by atoms with E-state index in [0.29, 0.717) is 0 Å². The number of hydrogen-bond acceptors (Lipinski definition) is 3. The van der Waals surface area contributed by atoms with Gasteiger partial charge in [-0.25, -0.2) is 22.9 Å². The van der Waals surface area contributed by atoms with Crippen LogP contribution in [-0.4, -0.2) is 23.2 Å². The zero-order chi connectivity index (χ0) is 11.6. The van der Waals surface area contributed by atoms with E-state index in [1.54, 1.807) is 0 Å². The maximum absolute atomic E-state index is 13.1. The Hall–Kier alpha value is -1.79. The number of carboxylic acid groups (broad SMARTS) is 1. The number of aromatic nitrogens is 1. The molecule has 7 heteroatoms. The molecule has 0 saturated carbocycles. The van der Waals surface area contributed by atoms with Crippen molar-refractivity contribution in [3.63, 3.8) is 0 Å². The third-order valence-corrected chi connectivity index (χ3v) is 1.61. The summed E-state index contributed by atoms with van der Waals surface area (Å²) in [6.45, 7) is 0. The van der Waals surface area contributed by atoms with Crippen LogP contribution >= 0.6 is 0 Å². The average Bonchev–Trinajstić information content (AvgIpc) is 2.17. The van der Waals surface area contributed by atoms with Gasteiger partial charge < -0.3 is 9.84 Å². The minimum atomic E-state index is -3.20. The number of ether oxygens (including phenoxy) is 1. The monoisotopic (exact) mass is 221 g/mol. The molecule has 15 heavy (non-hydrogen) atoms. The molecule has 1 heterocycles. The highest BCUT2D eigenvalue weighted by Crippen LogP contribution is 2.25. The molecule has 0 unspecified atom stereocenters. The fourth-order valence-corrected chi connectivity index (χ4v) is 0.930. The Kier molecular flexibility index (Phi) is 3.13. The van der Waals surface area contributed by atoms with Crippen molar-refractivity contribution in [3.05, 3.63) is 23.1 Å². The Morgan fingerprint density at radius 1 is 1.60 bits per heavy atom. The van der Waals surface area contributed by atoms with Gasteiger partial charge in [0, 0.05) is 6.07 Å². The number of rotatable bonds is 3. The van der Waals surface area contributed by atoms with Crippen molar-refractivity contribution < 1.29 is 27.8 Å². The Morgan fingerprint density at radius 3 is 2.60 bits per heavy atom. The first-order chi connectivity index (χ1) is 6.97. The number of halogens is 3. The summed E-state index contributed by atoms with van der Waals surface area (Å²) in [6, 6.07) is 0.740. The van der Waals surface area contributed by atoms with E-state index in [1.165, 1.54) is 0 Å². The maximum Gasteiger partial charge on any atom is 0.338 e. The molecule has 0 aromatic carbocycles. The number of pyridine rings is 1. The number of carboxylic acids is 1. The molecular formula is C8H6F3NO3. The second-order valence-electron chi connectivity index (χ2n) is 2.52. The van der Waals surface area contributed by atoms with E-state index in [4.69, 9.17) is 5.11 Å². The van der Waals surface area contributed by atoms with Gasteiger partial charge in [-0.1, -0.05) is 0 Å². The zero-order valence-corrected chi connectivity index (χ0v) is 7.50. The van der Waals surface area contributed by atoms with Gasteiger partial charge in [-0.2, -0.15) is 0 Å². The fourth-order valence-electron chi connectivity index (χ4n) is 0.930. The fraction of sp³-hybridized carbons (Fsp3) is 0.250. The number of hydrogen-bond donors (Lipinski definition) is 1. The maximum atomic E-state index is 13.1. The molecule has 0 spiro atoms. The molecule has 1 rings (SSSR count). The minimum absolute atomic E-state index is 0.371. The summed E-state index contributed by atoms with van der Waals surface area (Å²) in [7, 11) is 1.11. The first-order valence-corrected chi connectivity index (χ1v) is 3.73. The van der Waals surface area contributed by atoms with Gasteiger partial charge in [-0.05, 0) is 0 Å². The molecule has 1 N–H and O–H groups in total. The lowest BCUT2D eigenvalue weighted by atomic mass is 10.2. The third-order valence-electron chi connectivity index (χ3n) is 1.61. The van der Waals surface area contributed by atoms with Gasteiger partial charge >= 0.3 is 5.97 Å². The lowest BCUT2D eigenvalue weighted by molar-refractivity contribution is 0.0689. The Balaban J connectivity index is 3.40. The Bertz CT molecular complexity index is 395. The van der Waals surface area contributed by atoms with Crippen LogP contribution in [0.1, 0.15) is 22.5 Å². The van der Waals surface area contributed by atoms with Crippen LogP contribution in [0.3, 0.4) is 0 Å². The third kappa shape index (κ3) is 2.17. The minimum Gasteiger partial charge on any atom is -0.481 e. The van der Waals surface area contributed by atoms with Gasteiger partial charge in [0.2, 0.25) is 5.88 Å². The van der Waals surface area contributed by atoms with Crippen LogP contribution in [0.2, 0.25) is 0 Å². The molecule has 0 fully saturated rings. The van der Waals surface area contributed by atoms with Gasteiger partial charge in [0.1, 0.15) is 11.3 Å². The highest BCUT2D eigenvalue weighted by molar-refractivity contribution is 5.88. The summed E-state index contributed by atoms with van der Waals surface area (Å²) < 4.78 is 42.1. The zero-order valence-electron chi connectivity index (χ0n) is 7.50. The van der Waals surface area contributed by atoms with Gasteiger partial charge in [-0.15, -0.1) is 0 Å². The SMILES string of the molecule is COc1cc(C(=O)O)c(F)c(C(F)F)n1. The summed E-state index contributed by atoms with van der Waals surface area (Å²) in [4.78, 5) is 13.6. The van der Waals surface area contributed by atoms with Gasteiger partial charge in [-0.3, -0.25) is 0 Å². The number of carbonyl (C=O) groups is 1. The van der Waals surface area contributed by atoms with Crippen molar-refractivity contribution in [2.45, 2.75) is 6.43 Å². The molecule has 0 radical (unpaired) electrons. The largest absolute Gasteiger partial charge is 0.481 e. The summed E-state index contributed by atoms with van der Waals surface area (Å²) in [5, 5.41) is 8.52. The summed E-state index contributed by atoms with van der Waals surface area (Å²) in [6.07, 6.45) is -3.20.